The highest BCUT2D eigenvalue weighted by Crippen LogP contribution is 2.29. The van der Waals surface area contributed by atoms with Crippen LogP contribution < -0.4 is 10.6 Å². The van der Waals surface area contributed by atoms with Gasteiger partial charge in [0.15, 0.2) is 0 Å². The molecule has 1 aliphatic rings. The summed E-state index contributed by atoms with van der Waals surface area (Å²) in [6, 6.07) is -0.127. The summed E-state index contributed by atoms with van der Waals surface area (Å²) in [6.07, 6.45) is 2.64. The Morgan fingerprint density at radius 3 is 2.37 bits per heavy atom. The Labute approximate surface area is 116 Å². The van der Waals surface area contributed by atoms with Crippen LogP contribution in [0.15, 0.2) is 0 Å². The zero-order chi connectivity index (χ0) is 14.4. The molecule has 0 unspecified atom stereocenters. The number of carbonyl (C=O) groups excluding carboxylic acids is 1. The summed E-state index contributed by atoms with van der Waals surface area (Å²) in [5.41, 5.74) is 0.102. The van der Waals surface area contributed by atoms with Crippen molar-refractivity contribution in [3.8, 4) is 0 Å². The van der Waals surface area contributed by atoms with Crippen LogP contribution in [0.2, 0.25) is 0 Å². The molecule has 3 N–H and O–H groups in total. The summed E-state index contributed by atoms with van der Waals surface area (Å²) in [5.74, 6) is 0. The molecule has 0 spiro atoms. The number of carbonyl (C=O) groups is 1. The first-order valence-corrected chi connectivity index (χ1v) is 7.19. The van der Waals surface area contributed by atoms with Crippen molar-refractivity contribution in [1.29, 1.82) is 0 Å². The van der Waals surface area contributed by atoms with E-state index in [2.05, 4.69) is 31.4 Å². The highest BCUT2D eigenvalue weighted by atomic mass is 16.5. The molecule has 5 heteroatoms. The minimum atomic E-state index is -0.127. The van der Waals surface area contributed by atoms with Gasteiger partial charge in [-0.15, -0.1) is 0 Å². The first-order chi connectivity index (χ1) is 8.99. The number of rotatable bonds is 8. The molecule has 1 fully saturated rings. The fraction of sp³-hybridized carbons (Fsp3) is 0.929. The Morgan fingerprint density at radius 2 is 1.95 bits per heavy atom. The lowest BCUT2D eigenvalue weighted by Crippen LogP contribution is -2.51. The molecule has 0 aromatic carbocycles. The highest BCUT2D eigenvalue weighted by Gasteiger charge is 2.33. The molecule has 19 heavy (non-hydrogen) atoms. The second-order valence-corrected chi connectivity index (χ2v) is 6.02. The lowest BCUT2D eigenvalue weighted by atomic mass is 9.79. The van der Waals surface area contributed by atoms with E-state index in [1.807, 2.05) is 0 Å². The zero-order valence-electron chi connectivity index (χ0n) is 12.4. The Kier molecular flexibility index (Phi) is 6.07. The summed E-state index contributed by atoms with van der Waals surface area (Å²) in [5, 5.41) is 15.0. The summed E-state index contributed by atoms with van der Waals surface area (Å²) >= 11 is 0. The maximum Gasteiger partial charge on any atom is 0.314 e. The molecule has 0 radical (unpaired) electrons. The van der Waals surface area contributed by atoms with Crippen molar-refractivity contribution in [2.75, 3.05) is 32.9 Å². The lowest BCUT2D eigenvalue weighted by Gasteiger charge is -2.38. The third-order valence-corrected chi connectivity index (χ3v) is 4.34. The van der Waals surface area contributed by atoms with Crippen LogP contribution in [0, 0.1) is 10.8 Å². The van der Waals surface area contributed by atoms with Gasteiger partial charge < -0.3 is 20.5 Å². The monoisotopic (exact) mass is 272 g/mol. The van der Waals surface area contributed by atoms with Crippen molar-refractivity contribution >= 4 is 6.03 Å². The van der Waals surface area contributed by atoms with Crippen molar-refractivity contribution in [2.24, 2.45) is 10.8 Å². The molecule has 1 rings (SSSR count). The predicted octanol–water partition coefficient (Wildman–Crippen LogP) is 1.51. The fourth-order valence-electron chi connectivity index (χ4n) is 2.36. The first kappa shape index (κ1) is 16.2. The van der Waals surface area contributed by atoms with E-state index in [0.717, 1.165) is 19.3 Å². The maximum atomic E-state index is 11.8. The number of amides is 2. The van der Waals surface area contributed by atoms with Gasteiger partial charge in [0, 0.05) is 25.1 Å². The van der Waals surface area contributed by atoms with E-state index in [4.69, 9.17) is 9.84 Å². The molecule has 1 saturated heterocycles. The fourth-order valence-corrected chi connectivity index (χ4v) is 2.36. The molecule has 0 aliphatic carbocycles. The van der Waals surface area contributed by atoms with Gasteiger partial charge in [0.25, 0.3) is 0 Å². The average molecular weight is 272 g/mol. The van der Waals surface area contributed by atoms with Gasteiger partial charge in [-0.25, -0.2) is 4.79 Å². The van der Waals surface area contributed by atoms with E-state index < -0.39 is 0 Å². The largest absolute Gasteiger partial charge is 0.396 e. The molecule has 1 heterocycles. The Bertz CT molecular complexity index is 286. The molecule has 5 nitrogen and oxygen atoms in total. The number of hydrogen-bond donors (Lipinski definition) is 3. The van der Waals surface area contributed by atoms with E-state index in [9.17, 15) is 4.79 Å². The second kappa shape index (κ2) is 7.10. The van der Waals surface area contributed by atoms with Gasteiger partial charge in [0.1, 0.15) is 0 Å². The maximum absolute atomic E-state index is 11.8. The van der Waals surface area contributed by atoms with Crippen LogP contribution in [0.25, 0.3) is 0 Å². The van der Waals surface area contributed by atoms with Crippen LogP contribution in [0.1, 0.15) is 40.0 Å². The third kappa shape index (κ3) is 4.66. The quantitative estimate of drug-likeness (QED) is 0.627. The van der Waals surface area contributed by atoms with Gasteiger partial charge in [0.05, 0.1) is 13.2 Å². The summed E-state index contributed by atoms with van der Waals surface area (Å²) in [4.78, 5) is 11.8. The van der Waals surface area contributed by atoms with Gasteiger partial charge in [-0.1, -0.05) is 20.8 Å². The molecule has 0 atom stereocenters. The first-order valence-electron chi connectivity index (χ1n) is 7.19. The van der Waals surface area contributed by atoms with Gasteiger partial charge in [-0.05, 0) is 24.7 Å². The Morgan fingerprint density at radius 1 is 1.32 bits per heavy atom. The topological polar surface area (TPSA) is 70.6 Å². The Balaban J connectivity index is 2.30. The van der Waals surface area contributed by atoms with Crippen LogP contribution in [0.4, 0.5) is 4.79 Å². The van der Waals surface area contributed by atoms with E-state index in [1.165, 1.54) is 0 Å². The van der Waals surface area contributed by atoms with Crippen LogP contribution in [-0.2, 0) is 4.74 Å². The number of hydrogen-bond acceptors (Lipinski definition) is 3. The molecule has 2 amide bonds. The van der Waals surface area contributed by atoms with E-state index in [0.29, 0.717) is 26.3 Å². The van der Waals surface area contributed by atoms with Crippen LogP contribution in [0.5, 0.6) is 0 Å². The molecule has 0 saturated carbocycles. The Hall–Kier alpha value is -0.810. The average Bonchev–Trinajstić information content (AvgIpc) is 2.39. The predicted molar refractivity (Wildman–Crippen MR) is 75.0 cm³/mol. The SMILES string of the molecule is CCC(CC)(CCO)CNC(=O)NCC1(C)COC1. The normalized spacial score (nSPS) is 17.7. The zero-order valence-corrected chi connectivity index (χ0v) is 12.4. The number of nitrogens with one attached hydrogen (secondary N) is 2. The van der Waals surface area contributed by atoms with E-state index >= 15 is 0 Å². The van der Waals surface area contributed by atoms with Gasteiger partial charge >= 0.3 is 6.03 Å². The van der Waals surface area contributed by atoms with Gasteiger partial charge in [-0.3, -0.25) is 0 Å². The summed E-state index contributed by atoms with van der Waals surface area (Å²) in [6.45, 7) is 9.16. The van der Waals surface area contributed by atoms with Crippen molar-refractivity contribution in [1.82, 2.24) is 10.6 Å². The van der Waals surface area contributed by atoms with E-state index in [1.54, 1.807) is 0 Å². The van der Waals surface area contributed by atoms with Crippen molar-refractivity contribution in [2.45, 2.75) is 40.0 Å². The standard InChI is InChI=1S/C14H28N2O3/c1-4-14(5-2,6-7-17)9-16-12(18)15-8-13(3)10-19-11-13/h17H,4-11H2,1-3H3,(H2,15,16,18). The highest BCUT2D eigenvalue weighted by molar-refractivity contribution is 5.73. The molecule has 0 aromatic rings. The summed E-state index contributed by atoms with van der Waals surface area (Å²) in [7, 11) is 0. The van der Waals surface area contributed by atoms with Crippen molar-refractivity contribution < 1.29 is 14.6 Å². The smallest absolute Gasteiger partial charge is 0.314 e. The number of urea groups is 1. The molecular formula is C14H28N2O3. The second-order valence-electron chi connectivity index (χ2n) is 6.02. The van der Waals surface area contributed by atoms with Crippen LogP contribution in [-0.4, -0.2) is 44.0 Å². The molecule has 112 valence electrons. The van der Waals surface area contributed by atoms with E-state index in [-0.39, 0.29) is 23.5 Å². The third-order valence-electron chi connectivity index (χ3n) is 4.34. The summed E-state index contributed by atoms with van der Waals surface area (Å²) < 4.78 is 5.15. The molecule has 0 bridgehead atoms. The number of aliphatic hydroxyl groups excluding tert-OH is 1. The lowest BCUT2D eigenvalue weighted by molar-refractivity contribution is -0.0975. The molecule has 1 aliphatic heterocycles. The molecular weight excluding hydrogens is 244 g/mol. The van der Waals surface area contributed by atoms with Gasteiger partial charge in [0.2, 0.25) is 0 Å². The van der Waals surface area contributed by atoms with Crippen molar-refractivity contribution in [3.63, 3.8) is 0 Å². The van der Waals surface area contributed by atoms with Crippen LogP contribution >= 0.6 is 0 Å². The minimum Gasteiger partial charge on any atom is -0.396 e. The van der Waals surface area contributed by atoms with Gasteiger partial charge in [-0.2, -0.15) is 0 Å². The van der Waals surface area contributed by atoms with Crippen LogP contribution in [0.3, 0.4) is 0 Å². The number of ether oxygens (including phenoxy) is 1. The van der Waals surface area contributed by atoms with Crippen molar-refractivity contribution in [3.05, 3.63) is 0 Å². The minimum absolute atomic E-state index is 0.00950. The number of aliphatic hydroxyl groups is 1. The molecule has 0 aromatic heterocycles.